The van der Waals surface area contributed by atoms with Crippen molar-refractivity contribution in [2.45, 2.75) is 26.8 Å². The van der Waals surface area contributed by atoms with Crippen molar-refractivity contribution in [2.24, 2.45) is 0 Å². The maximum absolute atomic E-state index is 5.26. The van der Waals surface area contributed by atoms with Crippen LogP contribution in [0.1, 0.15) is 23.1 Å². The number of hydrogen-bond donors (Lipinski definition) is 0. The minimum absolute atomic E-state index is 0.921. The number of methoxy groups -OCH3 is 1. The summed E-state index contributed by atoms with van der Waals surface area (Å²) in [5.41, 5.74) is 5.45. The molecule has 1 aliphatic heterocycles. The average molecular weight is 324 g/mol. The molecule has 0 amide bonds. The van der Waals surface area contributed by atoms with E-state index in [4.69, 9.17) is 4.74 Å². The minimum Gasteiger partial charge on any atom is -0.497 e. The van der Waals surface area contributed by atoms with Crippen molar-refractivity contribution in [1.82, 2.24) is 4.90 Å². The average Bonchev–Trinajstić information content (AvgIpc) is 2.80. The number of nitrogens with zero attached hydrogens (tertiary/aromatic N) is 2. The largest absolute Gasteiger partial charge is 0.497 e. The molecule has 128 valence electrons. The van der Waals surface area contributed by atoms with Gasteiger partial charge in [0.05, 0.1) is 7.11 Å². The van der Waals surface area contributed by atoms with E-state index in [0.29, 0.717) is 0 Å². The monoisotopic (exact) mass is 324 g/mol. The van der Waals surface area contributed by atoms with Gasteiger partial charge in [-0.25, -0.2) is 0 Å². The van der Waals surface area contributed by atoms with Gasteiger partial charge in [0.2, 0.25) is 0 Å². The van der Waals surface area contributed by atoms with Crippen LogP contribution in [-0.2, 0) is 6.54 Å². The van der Waals surface area contributed by atoms with E-state index in [9.17, 15) is 0 Å². The summed E-state index contributed by atoms with van der Waals surface area (Å²) >= 11 is 0. The first-order valence-electron chi connectivity index (χ1n) is 8.82. The summed E-state index contributed by atoms with van der Waals surface area (Å²) in [7, 11) is 1.71. The number of hydrogen-bond acceptors (Lipinski definition) is 3. The van der Waals surface area contributed by atoms with Crippen LogP contribution in [0.3, 0.4) is 0 Å². The SMILES string of the molecule is COc1ccc(N2CCCN(Cc3cc(C)cc(C)c3)CC2)cc1. The van der Waals surface area contributed by atoms with Crippen LogP contribution >= 0.6 is 0 Å². The molecule has 3 nitrogen and oxygen atoms in total. The van der Waals surface area contributed by atoms with E-state index in [2.05, 4.69) is 54.0 Å². The third kappa shape index (κ3) is 4.30. The Morgan fingerprint density at radius 2 is 1.58 bits per heavy atom. The van der Waals surface area contributed by atoms with Crippen LogP contribution in [0.4, 0.5) is 5.69 Å². The Labute approximate surface area is 145 Å². The molecule has 0 spiro atoms. The Bertz CT molecular complexity index is 646. The molecule has 0 saturated carbocycles. The van der Waals surface area contributed by atoms with Gasteiger partial charge in [0, 0.05) is 38.4 Å². The second-order valence-electron chi connectivity index (χ2n) is 6.81. The fraction of sp³-hybridized carbons (Fsp3) is 0.429. The molecule has 2 aromatic rings. The summed E-state index contributed by atoms with van der Waals surface area (Å²) in [6.07, 6.45) is 1.21. The topological polar surface area (TPSA) is 15.7 Å². The number of ether oxygens (including phenoxy) is 1. The molecule has 0 N–H and O–H groups in total. The van der Waals surface area contributed by atoms with Crippen LogP contribution in [-0.4, -0.2) is 38.2 Å². The maximum Gasteiger partial charge on any atom is 0.119 e. The number of rotatable bonds is 4. The van der Waals surface area contributed by atoms with Crippen molar-refractivity contribution in [3.8, 4) is 5.75 Å². The molecule has 0 aliphatic carbocycles. The second kappa shape index (κ2) is 7.71. The van der Waals surface area contributed by atoms with E-state index in [1.807, 2.05) is 12.1 Å². The van der Waals surface area contributed by atoms with Gasteiger partial charge < -0.3 is 9.64 Å². The maximum atomic E-state index is 5.26. The molecule has 1 aliphatic rings. The lowest BCUT2D eigenvalue weighted by molar-refractivity contribution is 0.285. The Hall–Kier alpha value is -2.00. The van der Waals surface area contributed by atoms with Gasteiger partial charge in [-0.1, -0.05) is 29.3 Å². The lowest BCUT2D eigenvalue weighted by Crippen LogP contribution is -2.30. The molecule has 3 rings (SSSR count). The van der Waals surface area contributed by atoms with Gasteiger partial charge in [-0.15, -0.1) is 0 Å². The highest BCUT2D eigenvalue weighted by atomic mass is 16.5. The first-order valence-corrected chi connectivity index (χ1v) is 8.82. The van der Waals surface area contributed by atoms with Crippen molar-refractivity contribution in [3.63, 3.8) is 0 Å². The van der Waals surface area contributed by atoms with E-state index >= 15 is 0 Å². The summed E-state index contributed by atoms with van der Waals surface area (Å²) in [5, 5.41) is 0. The van der Waals surface area contributed by atoms with Crippen LogP contribution in [0, 0.1) is 13.8 Å². The normalized spacial score (nSPS) is 16.0. The zero-order chi connectivity index (χ0) is 16.9. The highest BCUT2D eigenvalue weighted by molar-refractivity contribution is 5.49. The Morgan fingerprint density at radius 3 is 2.25 bits per heavy atom. The molecule has 0 atom stereocenters. The fourth-order valence-corrected chi connectivity index (χ4v) is 3.60. The zero-order valence-electron chi connectivity index (χ0n) is 15.1. The molecular formula is C21H28N2O. The molecule has 0 unspecified atom stereocenters. The molecule has 3 heteroatoms. The number of benzene rings is 2. The molecule has 0 bridgehead atoms. The second-order valence-corrected chi connectivity index (χ2v) is 6.81. The third-order valence-electron chi connectivity index (χ3n) is 4.71. The van der Waals surface area contributed by atoms with Gasteiger partial charge in [-0.2, -0.15) is 0 Å². The molecule has 0 aromatic heterocycles. The summed E-state index contributed by atoms with van der Waals surface area (Å²) in [4.78, 5) is 5.07. The van der Waals surface area contributed by atoms with Crippen molar-refractivity contribution in [3.05, 3.63) is 59.2 Å². The number of aryl methyl sites for hydroxylation is 2. The lowest BCUT2D eigenvalue weighted by Gasteiger charge is -2.24. The van der Waals surface area contributed by atoms with Gasteiger partial charge in [0.1, 0.15) is 5.75 Å². The summed E-state index contributed by atoms with van der Waals surface area (Å²) < 4.78 is 5.26. The van der Waals surface area contributed by atoms with Gasteiger partial charge >= 0.3 is 0 Å². The summed E-state index contributed by atoms with van der Waals surface area (Å²) in [5.74, 6) is 0.921. The minimum atomic E-state index is 0.921. The Balaban J connectivity index is 1.61. The quantitative estimate of drug-likeness (QED) is 0.845. The van der Waals surface area contributed by atoms with Crippen LogP contribution in [0.15, 0.2) is 42.5 Å². The Kier molecular flexibility index (Phi) is 5.41. The molecule has 1 saturated heterocycles. The zero-order valence-corrected chi connectivity index (χ0v) is 15.1. The van der Waals surface area contributed by atoms with Crippen LogP contribution in [0.2, 0.25) is 0 Å². The van der Waals surface area contributed by atoms with Gasteiger partial charge in [-0.05, 0) is 50.1 Å². The van der Waals surface area contributed by atoms with Crippen LogP contribution < -0.4 is 9.64 Å². The highest BCUT2D eigenvalue weighted by Crippen LogP contribution is 2.21. The first kappa shape index (κ1) is 16.8. The first-order chi connectivity index (χ1) is 11.6. The van der Waals surface area contributed by atoms with Gasteiger partial charge in [0.15, 0.2) is 0 Å². The molecule has 1 fully saturated rings. The smallest absolute Gasteiger partial charge is 0.119 e. The van der Waals surface area contributed by atoms with Crippen LogP contribution in [0.5, 0.6) is 5.75 Å². The van der Waals surface area contributed by atoms with E-state index < -0.39 is 0 Å². The van der Waals surface area contributed by atoms with Crippen molar-refractivity contribution >= 4 is 5.69 Å². The predicted octanol–water partition coefficient (Wildman–Crippen LogP) is 4.02. The molecule has 0 radical (unpaired) electrons. The summed E-state index contributed by atoms with van der Waals surface area (Å²) in [6.45, 7) is 9.90. The standard InChI is InChI=1S/C21H28N2O/c1-17-13-18(2)15-19(14-17)16-22-9-4-10-23(12-11-22)20-5-7-21(24-3)8-6-20/h5-8,13-15H,4,9-12,16H2,1-3H3. The lowest BCUT2D eigenvalue weighted by atomic mass is 10.1. The van der Waals surface area contributed by atoms with Crippen LogP contribution in [0.25, 0.3) is 0 Å². The van der Waals surface area contributed by atoms with E-state index in [1.54, 1.807) is 7.11 Å². The van der Waals surface area contributed by atoms with Gasteiger partial charge in [0.25, 0.3) is 0 Å². The number of anilines is 1. The van der Waals surface area contributed by atoms with E-state index in [-0.39, 0.29) is 0 Å². The third-order valence-corrected chi connectivity index (χ3v) is 4.71. The molecule has 24 heavy (non-hydrogen) atoms. The van der Waals surface area contributed by atoms with Crippen molar-refractivity contribution in [2.75, 3.05) is 38.2 Å². The molecule has 2 aromatic carbocycles. The highest BCUT2D eigenvalue weighted by Gasteiger charge is 2.15. The molecular weight excluding hydrogens is 296 g/mol. The fourth-order valence-electron chi connectivity index (χ4n) is 3.60. The molecule has 1 heterocycles. The summed E-state index contributed by atoms with van der Waals surface area (Å²) in [6, 6.07) is 15.3. The Morgan fingerprint density at radius 1 is 0.875 bits per heavy atom. The van der Waals surface area contributed by atoms with Crippen molar-refractivity contribution in [1.29, 1.82) is 0 Å². The van der Waals surface area contributed by atoms with Crippen molar-refractivity contribution < 1.29 is 4.74 Å². The van der Waals surface area contributed by atoms with E-state index in [0.717, 1.165) is 31.9 Å². The van der Waals surface area contributed by atoms with E-state index in [1.165, 1.54) is 35.3 Å². The predicted molar refractivity (Wildman–Crippen MR) is 101 cm³/mol. The van der Waals surface area contributed by atoms with Gasteiger partial charge in [-0.3, -0.25) is 4.90 Å².